The molecule has 5 nitrogen and oxygen atoms in total. The molecule has 1 aromatic rings. The van der Waals surface area contributed by atoms with Crippen LogP contribution in [0.25, 0.3) is 0 Å². The van der Waals surface area contributed by atoms with Crippen LogP contribution in [0.15, 0.2) is 18.2 Å². The number of nitriles is 1. The van der Waals surface area contributed by atoms with Crippen molar-refractivity contribution in [3.63, 3.8) is 0 Å². The van der Waals surface area contributed by atoms with Crippen molar-refractivity contribution >= 4 is 0 Å². The average Bonchev–Trinajstić information content (AvgIpc) is 2.47. The van der Waals surface area contributed by atoms with Gasteiger partial charge in [0, 0.05) is 18.7 Å². The van der Waals surface area contributed by atoms with E-state index < -0.39 is 0 Å². The Morgan fingerprint density at radius 1 is 1.24 bits per heavy atom. The standard InChI is InChI=1S/C16H22N2O3/c1-11-9-18(10-12(2)21-11)15(8-17)14-7-13(19-3)5-6-16(14)20-4/h5-7,11-12,15H,9-10H2,1-4H3. The first-order valence-electron chi connectivity index (χ1n) is 7.10. The molecule has 0 radical (unpaired) electrons. The highest BCUT2D eigenvalue weighted by atomic mass is 16.5. The second-order valence-electron chi connectivity index (χ2n) is 5.35. The summed E-state index contributed by atoms with van der Waals surface area (Å²) in [6, 6.07) is 7.56. The number of nitrogens with zero attached hydrogens (tertiary/aromatic N) is 2. The molecule has 0 amide bonds. The van der Waals surface area contributed by atoms with Crippen molar-refractivity contribution < 1.29 is 14.2 Å². The van der Waals surface area contributed by atoms with E-state index in [0.717, 1.165) is 24.4 Å². The van der Waals surface area contributed by atoms with Crippen molar-refractivity contribution in [2.75, 3.05) is 27.3 Å². The summed E-state index contributed by atoms with van der Waals surface area (Å²) < 4.78 is 16.4. The molecule has 114 valence electrons. The fourth-order valence-electron chi connectivity index (χ4n) is 2.83. The largest absolute Gasteiger partial charge is 0.497 e. The molecule has 0 bridgehead atoms. The quantitative estimate of drug-likeness (QED) is 0.852. The van der Waals surface area contributed by atoms with Crippen LogP contribution in [0.5, 0.6) is 11.5 Å². The van der Waals surface area contributed by atoms with Crippen molar-refractivity contribution in [3.05, 3.63) is 23.8 Å². The van der Waals surface area contributed by atoms with E-state index in [0.29, 0.717) is 5.75 Å². The van der Waals surface area contributed by atoms with Crippen LogP contribution in [0.2, 0.25) is 0 Å². The van der Waals surface area contributed by atoms with Gasteiger partial charge < -0.3 is 14.2 Å². The lowest BCUT2D eigenvalue weighted by atomic mass is 10.0. The first kappa shape index (κ1) is 15.6. The summed E-state index contributed by atoms with van der Waals surface area (Å²) in [5, 5.41) is 9.66. The summed E-state index contributed by atoms with van der Waals surface area (Å²) in [5.74, 6) is 1.43. The van der Waals surface area contributed by atoms with Crippen LogP contribution in [0.4, 0.5) is 0 Å². The molecule has 3 unspecified atom stereocenters. The topological polar surface area (TPSA) is 54.7 Å². The van der Waals surface area contributed by atoms with Crippen molar-refractivity contribution in [1.29, 1.82) is 5.26 Å². The Morgan fingerprint density at radius 2 is 1.90 bits per heavy atom. The summed E-state index contributed by atoms with van der Waals surface area (Å²) in [5.41, 5.74) is 0.834. The van der Waals surface area contributed by atoms with Gasteiger partial charge in [-0.25, -0.2) is 0 Å². The summed E-state index contributed by atoms with van der Waals surface area (Å²) in [6.45, 7) is 5.51. The summed E-state index contributed by atoms with van der Waals surface area (Å²) in [7, 11) is 3.23. The maximum Gasteiger partial charge on any atom is 0.127 e. The smallest absolute Gasteiger partial charge is 0.127 e. The molecular formula is C16H22N2O3. The number of hydrogen-bond donors (Lipinski definition) is 0. The van der Waals surface area contributed by atoms with E-state index in [1.165, 1.54) is 0 Å². The van der Waals surface area contributed by atoms with Crippen molar-refractivity contribution in [2.45, 2.75) is 32.1 Å². The SMILES string of the molecule is COc1ccc(OC)c(C(C#N)N2CC(C)OC(C)C2)c1. The Bertz CT molecular complexity index is 517. The van der Waals surface area contributed by atoms with E-state index in [1.807, 2.05) is 32.0 Å². The molecule has 0 saturated carbocycles. The molecule has 0 N–H and O–H groups in total. The molecule has 0 aliphatic carbocycles. The monoisotopic (exact) mass is 290 g/mol. The Hall–Kier alpha value is -1.77. The van der Waals surface area contributed by atoms with E-state index in [9.17, 15) is 5.26 Å². The third-order valence-electron chi connectivity index (χ3n) is 3.67. The number of morpholine rings is 1. The second kappa shape index (κ2) is 6.79. The lowest BCUT2D eigenvalue weighted by Gasteiger charge is -2.38. The zero-order valence-electron chi connectivity index (χ0n) is 13.0. The van der Waals surface area contributed by atoms with Gasteiger partial charge in [0.05, 0.1) is 32.5 Å². The van der Waals surface area contributed by atoms with Gasteiger partial charge in [0.25, 0.3) is 0 Å². The molecule has 0 aromatic heterocycles. The van der Waals surface area contributed by atoms with Crippen molar-refractivity contribution in [1.82, 2.24) is 4.90 Å². The highest BCUT2D eigenvalue weighted by Crippen LogP contribution is 2.33. The van der Waals surface area contributed by atoms with Gasteiger partial charge in [-0.2, -0.15) is 5.26 Å². The van der Waals surface area contributed by atoms with Crippen molar-refractivity contribution in [2.24, 2.45) is 0 Å². The molecule has 1 heterocycles. The van der Waals surface area contributed by atoms with Gasteiger partial charge in [-0.05, 0) is 32.0 Å². The Kier molecular flexibility index (Phi) is 5.05. The molecule has 3 atom stereocenters. The molecular weight excluding hydrogens is 268 g/mol. The van der Waals surface area contributed by atoms with Crippen LogP contribution < -0.4 is 9.47 Å². The van der Waals surface area contributed by atoms with Gasteiger partial charge in [-0.1, -0.05) is 0 Å². The fraction of sp³-hybridized carbons (Fsp3) is 0.562. The molecule has 1 aromatic carbocycles. The molecule has 1 aliphatic heterocycles. The van der Waals surface area contributed by atoms with E-state index in [1.54, 1.807) is 14.2 Å². The lowest BCUT2D eigenvalue weighted by Crippen LogP contribution is -2.46. The van der Waals surface area contributed by atoms with Crippen molar-refractivity contribution in [3.8, 4) is 17.6 Å². The summed E-state index contributed by atoms with van der Waals surface area (Å²) >= 11 is 0. The van der Waals surface area contributed by atoms with Crippen LogP contribution in [0, 0.1) is 11.3 Å². The molecule has 5 heteroatoms. The molecule has 1 aliphatic rings. The minimum atomic E-state index is -0.371. The van der Waals surface area contributed by atoms with Crippen LogP contribution in [-0.2, 0) is 4.74 Å². The fourth-order valence-corrected chi connectivity index (χ4v) is 2.83. The predicted octanol–water partition coefficient (Wildman–Crippen LogP) is 2.38. The van der Waals surface area contributed by atoms with Gasteiger partial charge in [0.1, 0.15) is 17.5 Å². The molecule has 21 heavy (non-hydrogen) atoms. The zero-order valence-corrected chi connectivity index (χ0v) is 13.0. The highest BCUT2D eigenvalue weighted by molar-refractivity contribution is 5.44. The third-order valence-corrected chi connectivity index (χ3v) is 3.67. The summed E-state index contributed by atoms with van der Waals surface area (Å²) in [6.07, 6.45) is 0.224. The van der Waals surface area contributed by atoms with Crippen LogP contribution in [0.3, 0.4) is 0 Å². The van der Waals surface area contributed by atoms with Crippen LogP contribution in [0.1, 0.15) is 25.5 Å². The molecule has 2 rings (SSSR count). The maximum atomic E-state index is 9.66. The molecule has 1 saturated heterocycles. The minimum Gasteiger partial charge on any atom is -0.497 e. The van der Waals surface area contributed by atoms with Gasteiger partial charge in [0.15, 0.2) is 0 Å². The third kappa shape index (κ3) is 3.46. The zero-order chi connectivity index (χ0) is 15.4. The van der Waals surface area contributed by atoms with E-state index >= 15 is 0 Å². The first-order chi connectivity index (χ1) is 10.1. The number of ether oxygens (including phenoxy) is 3. The Labute approximate surface area is 126 Å². The average molecular weight is 290 g/mol. The number of hydrogen-bond acceptors (Lipinski definition) is 5. The Morgan fingerprint density at radius 3 is 2.43 bits per heavy atom. The summed E-state index contributed by atoms with van der Waals surface area (Å²) in [4.78, 5) is 2.14. The van der Waals surface area contributed by atoms with Gasteiger partial charge >= 0.3 is 0 Å². The molecule has 1 fully saturated rings. The van der Waals surface area contributed by atoms with E-state index in [2.05, 4.69) is 11.0 Å². The van der Waals surface area contributed by atoms with Gasteiger partial charge in [-0.3, -0.25) is 4.90 Å². The minimum absolute atomic E-state index is 0.112. The van der Waals surface area contributed by atoms with E-state index in [-0.39, 0.29) is 18.2 Å². The predicted molar refractivity (Wildman–Crippen MR) is 79.5 cm³/mol. The van der Waals surface area contributed by atoms with Crippen LogP contribution in [-0.4, -0.2) is 44.4 Å². The number of benzene rings is 1. The number of methoxy groups -OCH3 is 2. The molecule has 0 spiro atoms. The van der Waals surface area contributed by atoms with Crippen LogP contribution >= 0.6 is 0 Å². The lowest BCUT2D eigenvalue weighted by molar-refractivity contribution is -0.0751. The van der Waals surface area contributed by atoms with E-state index in [4.69, 9.17) is 14.2 Å². The normalized spacial score (nSPS) is 24.1. The Balaban J connectivity index is 2.34. The second-order valence-corrected chi connectivity index (χ2v) is 5.35. The maximum absolute atomic E-state index is 9.66. The van der Waals surface area contributed by atoms with Gasteiger partial charge in [-0.15, -0.1) is 0 Å². The van der Waals surface area contributed by atoms with Gasteiger partial charge in [0.2, 0.25) is 0 Å². The highest BCUT2D eigenvalue weighted by Gasteiger charge is 2.30. The first-order valence-corrected chi connectivity index (χ1v) is 7.10. The number of rotatable bonds is 4.